The Morgan fingerprint density at radius 2 is 1.84 bits per heavy atom. The predicted octanol–water partition coefficient (Wildman–Crippen LogP) is 3.20. The van der Waals surface area contributed by atoms with Crippen molar-refractivity contribution < 1.29 is 14.1 Å². The van der Waals surface area contributed by atoms with Crippen molar-refractivity contribution >= 4 is 5.91 Å². The van der Waals surface area contributed by atoms with E-state index in [2.05, 4.69) is 15.5 Å². The number of pyridine rings is 1. The second-order valence-electron chi connectivity index (χ2n) is 5.65. The van der Waals surface area contributed by atoms with Gasteiger partial charge in [-0.05, 0) is 55.8 Å². The number of carbonyl (C=O) groups excluding carboxylic acids is 1. The molecule has 25 heavy (non-hydrogen) atoms. The zero-order chi connectivity index (χ0) is 17.6. The van der Waals surface area contributed by atoms with E-state index >= 15 is 0 Å². The van der Waals surface area contributed by atoms with Crippen LogP contribution >= 0.6 is 0 Å². The molecule has 2 heterocycles. The molecule has 1 N–H and O–H groups in total. The Labute approximate surface area is 145 Å². The van der Waals surface area contributed by atoms with Crippen molar-refractivity contribution in [1.29, 1.82) is 0 Å². The Morgan fingerprint density at radius 1 is 1.12 bits per heavy atom. The lowest BCUT2D eigenvalue weighted by molar-refractivity contribution is 0.0951. The maximum absolute atomic E-state index is 12.2. The third kappa shape index (κ3) is 4.23. The number of rotatable bonds is 6. The summed E-state index contributed by atoms with van der Waals surface area (Å²) in [4.78, 5) is 16.1. The van der Waals surface area contributed by atoms with Crippen LogP contribution in [0.5, 0.6) is 5.75 Å². The third-order valence-electron chi connectivity index (χ3n) is 3.88. The van der Waals surface area contributed by atoms with Gasteiger partial charge in [0.1, 0.15) is 18.1 Å². The fourth-order valence-corrected chi connectivity index (χ4v) is 2.35. The lowest BCUT2D eigenvalue weighted by Gasteiger charge is -2.08. The van der Waals surface area contributed by atoms with Gasteiger partial charge in [-0.15, -0.1) is 0 Å². The summed E-state index contributed by atoms with van der Waals surface area (Å²) in [7, 11) is 0. The lowest BCUT2D eigenvalue weighted by atomic mass is 10.2. The normalized spacial score (nSPS) is 10.5. The van der Waals surface area contributed by atoms with Crippen LogP contribution in [0.25, 0.3) is 0 Å². The lowest BCUT2D eigenvalue weighted by Crippen LogP contribution is -2.22. The van der Waals surface area contributed by atoms with Crippen LogP contribution in [0.3, 0.4) is 0 Å². The van der Waals surface area contributed by atoms with Gasteiger partial charge in [0.05, 0.1) is 11.3 Å². The van der Waals surface area contributed by atoms with E-state index in [9.17, 15) is 4.79 Å². The molecular formula is C19H19N3O3. The molecule has 1 amide bonds. The molecule has 0 atom stereocenters. The highest BCUT2D eigenvalue weighted by Crippen LogP contribution is 2.18. The second kappa shape index (κ2) is 7.61. The van der Waals surface area contributed by atoms with Crippen molar-refractivity contribution in [3.8, 4) is 5.75 Å². The SMILES string of the molecule is Cc1noc(C)c1COc1ccc(C(=O)NCc2ccncc2)cc1. The van der Waals surface area contributed by atoms with Crippen molar-refractivity contribution in [1.82, 2.24) is 15.5 Å². The van der Waals surface area contributed by atoms with Crippen LogP contribution in [0.15, 0.2) is 53.3 Å². The number of aromatic nitrogens is 2. The molecule has 6 heteroatoms. The Hall–Kier alpha value is -3.15. The van der Waals surface area contributed by atoms with Crippen molar-refractivity contribution in [3.63, 3.8) is 0 Å². The first-order chi connectivity index (χ1) is 12.1. The molecule has 0 aliphatic carbocycles. The number of benzene rings is 1. The van der Waals surface area contributed by atoms with E-state index in [1.807, 2.05) is 26.0 Å². The summed E-state index contributed by atoms with van der Waals surface area (Å²) < 4.78 is 10.8. The van der Waals surface area contributed by atoms with E-state index in [1.165, 1.54) is 0 Å². The molecule has 0 radical (unpaired) electrons. The molecule has 0 unspecified atom stereocenters. The van der Waals surface area contributed by atoms with Crippen molar-refractivity contribution in [2.75, 3.05) is 0 Å². The first-order valence-corrected chi connectivity index (χ1v) is 7.95. The number of carbonyl (C=O) groups is 1. The zero-order valence-corrected chi connectivity index (χ0v) is 14.2. The average Bonchev–Trinajstić information content (AvgIpc) is 2.97. The number of nitrogens with one attached hydrogen (secondary N) is 1. The molecule has 1 aromatic carbocycles. The number of hydrogen-bond acceptors (Lipinski definition) is 5. The first kappa shape index (κ1) is 16.7. The van der Waals surface area contributed by atoms with Gasteiger partial charge in [0, 0.05) is 24.5 Å². The molecule has 0 spiro atoms. The Kier molecular flexibility index (Phi) is 5.09. The second-order valence-corrected chi connectivity index (χ2v) is 5.65. The number of amides is 1. The number of hydrogen-bond donors (Lipinski definition) is 1. The van der Waals surface area contributed by atoms with Gasteiger partial charge >= 0.3 is 0 Å². The van der Waals surface area contributed by atoms with Gasteiger partial charge in [0.2, 0.25) is 0 Å². The van der Waals surface area contributed by atoms with Gasteiger partial charge in [-0.3, -0.25) is 9.78 Å². The van der Waals surface area contributed by atoms with Crippen LogP contribution in [-0.2, 0) is 13.2 Å². The van der Waals surface area contributed by atoms with E-state index in [0.29, 0.717) is 24.5 Å². The summed E-state index contributed by atoms with van der Waals surface area (Å²) >= 11 is 0. The Bertz CT molecular complexity index is 823. The minimum atomic E-state index is -0.130. The minimum absolute atomic E-state index is 0.130. The smallest absolute Gasteiger partial charge is 0.251 e. The molecule has 0 bridgehead atoms. The summed E-state index contributed by atoms with van der Waals surface area (Å²) in [6, 6.07) is 10.8. The maximum Gasteiger partial charge on any atom is 0.251 e. The fourth-order valence-electron chi connectivity index (χ4n) is 2.35. The summed E-state index contributed by atoms with van der Waals surface area (Å²) in [6.07, 6.45) is 3.40. The average molecular weight is 337 g/mol. The minimum Gasteiger partial charge on any atom is -0.489 e. The zero-order valence-electron chi connectivity index (χ0n) is 14.2. The summed E-state index contributed by atoms with van der Waals surface area (Å²) in [5.41, 5.74) is 3.35. The highest BCUT2D eigenvalue weighted by atomic mass is 16.5. The highest BCUT2D eigenvalue weighted by molar-refractivity contribution is 5.94. The Balaban J connectivity index is 1.55. The van der Waals surface area contributed by atoms with Gasteiger partial charge < -0.3 is 14.6 Å². The Morgan fingerprint density at radius 3 is 2.48 bits per heavy atom. The topological polar surface area (TPSA) is 77.2 Å². The number of aryl methyl sites for hydroxylation is 2. The van der Waals surface area contributed by atoms with Crippen LogP contribution in [0, 0.1) is 13.8 Å². The van der Waals surface area contributed by atoms with Crippen LogP contribution in [0.4, 0.5) is 0 Å². The molecule has 0 saturated heterocycles. The van der Waals surface area contributed by atoms with Crippen LogP contribution < -0.4 is 10.1 Å². The third-order valence-corrected chi connectivity index (χ3v) is 3.88. The molecule has 0 aliphatic rings. The van der Waals surface area contributed by atoms with Gasteiger partial charge in [-0.1, -0.05) is 5.16 Å². The molecule has 0 fully saturated rings. The largest absolute Gasteiger partial charge is 0.489 e. The van der Waals surface area contributed by atoms with Crippen molar-refractivity contribution in [2.45, 2.75) is 27.0 Å². The van der Waals surface area contributed by atoms with E-state index in [-0.39, 0.29) is 5.91 Å². The molecule has 0 aliphatic heterocycles. The maximum atomic E-state index is 12.2. The molecule has 6 nitrogen and oxygen atoms in total. The molecular weight excluding hydrogens is 318 g/mol. The van der Waals surface area contributed by atoms with Gasteiger partial charge in [-0.2, -0.15) is 0 Å². The summed E-state index contributed by atoms with van der Waals surface area (Å²) in [5.74, 6) is 1.31. The molecule has 3 aromatic rings. The quantitative estimate of drug-likeness (QED) is 0.747. The predicted molar refractivity (Wildman–Crippen MR) is 92.2 cm³/mol. The van der Waals surface area contributed by atoms with Crippen LogP contribution in [0.1, 0.15) is 32.9 Å². The monoisotopic (exact) mass is 337 g/mol. The number of ether oxygens (including phenoxy) is 1. The van der Waals surface area contributed by atoms with E-state index < -0.39 is 0 Å². The molecule has 128 valence electrons. The van der Waals surface area contributed by atoms with E-state index in [0.717, 1.165) is 22.6 Å². The van der Waals surface area contributed by atoms with E-state index in [4.69, 9.17) is 9.26 Å². The number of nitrogens with zero attached hydrogens (tertiary/aromatic N) is 2. The van der Waals surface area contributed by atoms with Gasteiger partial charge in [-0.25, -0.2) is 0 Å². The van der Waals surface area contributed by atoms with Crippen LogP contribution in [-0.4, -0.2) is 16.0 Å². The van der Waals surface area contributed by atoms with Crippen molar-refractivity contribution in [2.24, 2.45) is 0 Å². The van der Waals surface area contributed by atoms with Gasteiger partial charge in [0.15, 0.2) is 0 Å². The van der Waals surface area contributed by atoms with Gasteiger partial charge in [0.25, 0.3) is 5.91 Å². The molecule has 3 rings (SSSR count). The summed E-state index contributed by atoms with van der Waals surface area (Å²) in [6.45, 7) is 4.58. The molecule has 0 saturated carbocycles. The first-order valence-electron chi connectivity index (χ1n) is 7.95. The fraction of sp³-hybridized carbons (Fsp3) is 0.211. The molecule has 2 aromatic heterocycles. The standard InChI is InChI=1S/C19H19N3O3/c1-13-18(14(2)25-22-13)12-24-17-5-3-16(4-6-17)19(23)21-11-15-7-9-20-10-8-15/h3-10H,11-12H2,1-2H3,(H,21,23). The van der Waals surface area contributed by atoms with Crippen LogP contribution in [0.2, 0.25) is 0 Å². The van der Waals surface area contributed by atoms with Crippen molar-refractivity contribution in [3.05, 3.63) is 76.9 Å². The summed E-state index contributed by atoms with van der Waals surface area (Å²) in [5, 5.41) is 6.78. The van der Waals surface area contributed by atoms with E-state index in [1.54, 1.807) is 36.7 Å². The highest BCUT2D eigenvalue weighted by Gasteiger charge is 2.10.